The zero-order chi connectivity index (χ0) is 14.4. The molecule has 3 nitrogen and oxygen atoms in total. The molecule has 2 fully saturated rings. The lowest BCUT2D eigenvalue weighted by Gasteiger charge is -2.38. The first-order valence-corrected chi connectivity index (χ1v) is 8.83. The van der Waals surface area contributed by atoms with E-state index in [0.717, 1.165) is 18.5 Å². The van der Waals surface area contributed by atoms with Gasteiger partial charge in [-0.25, -0.2) is 0 Å². The summed E-state index contributed by atoms with van der Waals surface area (Å²) < 4.78 is 0. The maximum atomic E-state index is 3.76. The molecule has 20 heavy (non-hydrogen) atoms. The third kappa shape index (κ3) is 4.71. The second kappa shape index (κ2) is 8.35. The molecule has 2 rings (SSSR count). The molecule has 0 radical (unpaired) electrons. The third-order valence-corrected chi connectivity index (χ3v) is 5.30. The van der Waals surface area contributed by atoms with Crippen molar-refractivity contribution in [2.24, 2.45) is 5.92 Å². The van der Waals surface area contributed by atoms with Crippen LogP contribution in [0.5, 0.6) is 0 Å². The quantitative estimate of drug-likeness (QED) is 0.835. The van der Waals surface area contributed by atoms with Crippen LogP contribution in [0.1, 0.15) is 51.9 Å². The second-order valence-electron chi connectivity index (χ2n) is 7.08. The molecular formula is C17H35N3. The van der Waals surface area contributed by atoms with E-state index >= 15 is 0 Å². The highest BCUT2D eigenvalue weighted by molar-refractivity contribution is 4.86. The van der Waals surface area contributed by atoms with Crippen molar-refractivity contribution < 1.29 is 0 Å². The molecule has 0 aromatic carbocycles. The number of hydrogen-bond donors (Lipinski definition) is 1. The Morgan fingerprint density at radius 1 is 1.10 bits per heavy atom. The Balaban J connectivity index is 1.89. The Labute approximate surface area is 126 Å². The molecule has 1 aliphatic carbocycles. The highest BCUT2D eigenvalue weighted by atomic mass is 15.2. The van der Waals surface area contributed by atoms with Crippen LogP contribution in [0, 0.1) is 5.92 Å². The second-order valence-corrected chi connectivity index (χ2v) is 7.08. The maximum Gasteiger partial charge on any atom is 0.0246 e. The molecule has 3 heteroatoms. The van der Waals surface area contributed by atoms with Gasteiger partial charge in [0.25, 0.3) is 0 Å². The van der Waals surface area contributed by atoms with Crippen molar-refractivity contribution in [3.8, 4) is 0 Å². The standard InChI is InChI=1S/C17H35N3/c1-4-18-16-9-7-5-6-8-10-17(16)20(3)14-15-11-12-19(2)13-15/h15-18H,4-14H2,1-3H3. The molecular weight excluding hydrogens is 246 g/mol. The first-order valence-electron chi connectivity index (χ1n) is 8.83. The van der Waals surface area contributed by atoms with E-state index < -0.39 is 0 Å². The highest BCUT2D eigenvalue weighted by Crippen LogP contribution is 2.24. The monoisotopic (exact) mass is 281 g/mol. The van der Waals surface area contributed by atoms with Gasteiger partial charge in [0.1, 0.15) is 0 Å². The molecule has 118 valence electrons. The van der Waals surface area contributed by atoms with Gasteiger partial charge in [-0.15, -0.1) is 0 Å². The molecule has 0 spiro atoms. The molecule has 0 aromatic heterocycles. The Bertz CT molecular complexity index is 269. The summed E-state index contributed by atoms with van der Waals surface area (Å²) in [5.74, 6) is 0.887. The van der Waals surface area contributed by atoms with E-state index in [-0.39, 0.29) is 0 Å². The molecule has 1 heterocycles. The summed E-state index contributed by atoms with van der Waals surface area (Å²) in [6.07, 6.45) is 9.85. The van der Waals surface area contributed by atoms with Crippen molar-refractivity contribution in [3.05, 3.63) is 0 Å². The van der Waals surface area contributed by atoms with Crippen LogP contribution in [-0.4, -0.2) is 62.2 Å². The van der Waals surface area contributed by atoms with Gasteiger partial charge in [0.05, 0.1) is 0 Å². The van der Waals surface area contributed by atoms with E-state index in [9.17, 15) is 0 Å². The summed E-state index contributed by atoms with van der Waals surface area (Å²) in [5.41, 5.74) is 0. The Morgan fingerprint density at radius 2 is 1.85 bits per heavy atom. The Kier molecular flexibility index (Phi) is 6.79. The topological polar surface area (TPSA) is 18.5 Å². The largest absolute Gasteiger partial charge is 0.313 e. The fourth-order valence-electron chi connectivity index (χ4n) is 4.21. The molecule has 1 saturated carbocycles. The van der Waals surface area contributed by atoms with Gasteiger partial charge in [-0.05, 0) is 52.4 Å². The zero-order valence-electron chi connectivity index (χ0n) is 13.9. The van der Waals surface area contributed by atoms with E-state index in [1.54, 1.807) is 0 Å². The predicted octanol–water partition coefficient (Wildman–Crippen LogP) is 2.57. The van der Waals surface area contributed by atoms with Crippen molar-refractivity contribution in [3.63, 3.8) is 0 Å². The average Bonchev–Trinajstić information content (AvgIpc) is 2.78. The van der Waals surface area contributed by atoms with E-state index in [4.69, 9.17) is 0 Å². The van der Waals surface area contributed by atoms with Crippen LogP contribution in [-0.2, 0) is 0 Å². The number of rotatable bonds is 5. The molecule has 0 aromatic rings. The maximum absolute atomic E-state index is 3.76. The number of likely N-dealkylation sites (N-methyl/N-ethyl adjacent to an activating group) is 2. The predicted molar refractivity (Wildman–Crippen MR) is 87.2 cm³/mol. The number of likely N-dealkylation sites (tertiary alicyclic amines) is 1. The Morgan fingerprint density at radius 3 is 2.50 bits per heavy atom. The molecule has 3 atom stereocenters. The van der Waals surface area contributed by atoms with Gasteiger partial charge >= 0.3 is 0 Å². The molecule has 1 N–H and O–H groups in total. The van der Waals surface area contributed by atoms with Crippen molar-refractivity contribution in [1.29, 1.82) is 0 Å². The summed E-state index contributed by atoms with van der Waals surface area (Å²) >= 11 is 0. The molecule has 3 unspecified atom stereocenters. The fourth-order valence-corrected chi connectivity index (χ4v) is 4.21. The molecule has 0 amide bonds. The molecule has 1 saturated heterocycles. The van der Waals surface area contributed by atoms with Gasteiger partial charge in [0.15, 0.2) is 0 Å². The van der Waals surface area contributed by atoms with Crippen LogP contribution in [0.4, 0.5) is 0 Å². The minimum absolute atomic E-state index is 0.712. The van der Waals surface area contributed by atoms with Gasteiger partial charge in [0, 0.05) is 25.2 Å². The lowest BCUT2D eigenvalue weighted by molar-refractivity contribution is 0.144. The lowest BCUT2D eigenvalue weighted by Crippen LogP contribution is -2.50. The van der Waals surface area contributed by atoms with Gasteiger partial charge in [0.2, 0.25) is 0 Å². The molecule has 0 bridgehead atoms. The summed E-state index contributed by atoms with van der Waals surface area (Å²) in [6.45, 7) is 7.24. The minimum Gasteiger partial charge on any atom is -0.313 e. The van der Waals surface area contributed by atoms with E-state index in [2.05, 4.69) is 36.1 Å². The van der Waals surface area contributed by atoms with Crippen LogP contribution >= 0.6 is 0 Å². The zero-order valence-corrected chi connectivity index (χ0v) is 13.9. The van der Waals surface area contributed by atoms with Crippen molar-refractivity contribution in [1.82, 2.24) is 15.1 Å². The lowest BCUT2D eigenvalue weighted by atomic mass is 9.90. The van der Waals surface area contributed by atoms with Gasteiger partial charge in [-0.3, -0.25) is 0 Å². The smallest absolute Gasteiger partial charge is 0.0246 e. The van der Waals surface area contributed by atoms with E-state index in [1.165, 1.54) is 64.6 Å². The summed E-state index contributed by atoms with van der Waals surface area (Å²) in [5, 5.41) is 3.76. The number of hydrogen-bond acceptors (Lipinski definition) is 3. The van der Waals surface area contributed by atoms with Gasteiger partial charge in [-0.2, -0.15) is 0 Å². The molecule has 2 aliphatic rings. The summed E-state index contributed by atoms with van der Waals surface area (Å²) in [6, 6.07) is 1.46. The number of nitrogens with zero attached hydrogens (tertiary/aromatic N) is 2. The van der Waals surface area contributed by atoms with Crippen molar-refractivity contribution in [2.75, 3.05) is 40.3 Å². The van der Waals surface area contributed by atoms with Crippen LogP contribution in [0.2, 0.25) is 0 Å². The minimum atomic E-state index is 0.712. The van der Waals surface area contributed by atoms with Gasteiger partial charge < -0.3 is 15.1 Å². The van der Waals surface area contributed by atoms with Crippen LogP contribution < -0.4 is 5.32 Å². The van der Waals surface area contributed by atoms with E-state index in [1.807, 2.05) is 0 Å². The van der Waals surface area contributed by atoms with E-state index in [0.29, 0.717) is 6.04 Å². The van der Waals surface area contributed by atoms with Crippen LogP contribution in [0.15, 0.2) is 0 Å². The van der Waals surface area contributed by atoms with Crippen molar-refractivity contribution in [2.45, 2.75) is 64.0 Å². The highest BCUT2D eigenvalue weighted by Gasteiger charge is 2.28. The van der Waals surface area contributed by atoms with Crippen molar-refractivity contribution >= 4 is 0 Å². The Hall–Kier alpha value is -0.120. The van der Waals surface area contributed by atoms with Crippen LogP contribution in [0.25, 0.3) is 0 Å². The fraction of sp³-hybridized carbons (Fsp3) is 1.00. The SMILES string of the molecule is CCNC1CCCCCCC1N(C)CC1CCN(C)C1. The summed E-state index contributed by atoms with van der Waals surface area (Å²) in [4.78, 5) is 5.17. The first kappa shape index (κ1) is 16.3. The number of nitrogens with one attached hydrogen (secondary N) is 1. The van der Waals surface area contributed by atoms with Crippen LogP contribution in [0.3, 0.4) is 0 Å². The summed E-state index contributed by atoms with van der Waals surface area (Å²) in [7, 11) is 4.63. The first-order chi connectivity index (χ1) is 9.70. The molecule has 1 aliphatic heterocycles. The normalized spacial score (nSPS) is 33.3. The third-order valence-electron chi connectivity index (χ3n) is 5.30. The average molecular weight is 281 g/mol. The van der Waals surface area contributed by atoms with Gasteiger partial charge in [-0.1, -0.05) is 32.6 Å².